The number of hydrogen-bond acceptors (Lipinski definition) is 3. The fourth-order valence-corrected chi connectivity index (χ4v) is 2.63. The predicted molar refractivity (Wildman–Crippen MR) is 79.7 cm³/mol. The molecule has 0 radical (unpaired) electrons. The molecule has 0 bridgehead atoms. The molecule has 2 atom stereocenters. The maximum Gasteiger partial charge on any atom is 0.119 e. The number of ether oxygens (including phenoxy) is 1. The van der Waals surface area contributed by atoms with Crippen LogP contribution < -0.4 is 4.74 Å². The summed E-state index contributed by atoms with van der Waals surface area (Å²) in [6, 6.07) is 6.52. The van der Waals surface area contributed by atoms with Crippen molar-refractivity contribution in [2.24, 2.45) is 5.92 Å². The number of aliphatic hydroxyl groups is 1. The van der Waals surface area contributed by atoms with E-state index in [1.807, 2.05) is 13.0 Å². The van der Waals surface area contributed by atoms with Gasteiger partial charge in [-0.1, -0.05) is 19.9 Å². The van der Waals surface area contributed by atoms with Crippen molar-refractivity contribution in [2.75, 3.05) is 27.3 Å². The van der Waals surface area contributed by atoms with Crippen LogP contribution in [0.3, 0.4) is 0 Å². The summed E-state index contributed by atoms with van der Waals surface area (Å²) >= 11 is 0. The van der Waals surface area contributed by atoms with Gasteiger partial charge in [-0.25, -0.2) is 0 Å². The Kier molecular flexibility index (Phi) is 6.32. The summed E-state index contributed by atoms with van der Waals surface area (Å²) in [5.74, 6) is 1.13. The largest absolute Gasteiger partial charge is 0.494 e. The second-order valence-electron chi connectivity index (χ2n) is 5.22. The monoisotopic (exact) mass is 265 g/mol. The molecule has 0 saturated carbocycles. The fraction of sp³-hybridized carbons (Fsp3) is 0.625. The molecule has 1 N–H and O–H groups in total. The van der Waals surface area contributed by atoms with Crippen LogP contribution in [-0.2, 0) is 6.42 Å². The van der Waals surface area contributed by atoms with Crippen LogP contribution in [0, 0.1) is 5.92 Å². The lowest BCUT2D eigenvalue weighted by molar-refractivity contribution is 0.145. The van der Waals surface area contributed by atoms with E-state index in [-0.39, 0.29) is 18.6 Å². The highest BCUT2D eigenvalue weighted by atomic mass is 16.5. The summed E-state index contributed by atoms with van der Waals surface area (Å²) in [5, 5.41) is 9.47. The molecule has 0 aliphatic carbocycles. The Morgan fingerprint density at radius 3 is 2.42 bits per heavy atom. The van der Waals surface area contributed by atoms with E-state index in [0.29, 0.717) is 6.61 Å². The molecule has 1 aromatic carbocycles. The first-order valence-electron chi connectivity index (χ1n) is 7.08. The first-order valence-corrected chi connectivity index (χ1v) is 7.08. The average Bonchev–Trinajstić information content (AvgIpc) is 2.40. The Bertz CT molecular complexity index is 390. The van der Waals surface area contributed by atoms with Gasteiger partial charge in [-0.05, 0) is 56.6 Å². The van der Waals surface area contributed by atoms with Gasteiger partial charge in [-0.3, -0.25) is 0 Å². The Hall–Kier alpha value is -1.06. The molecule has 1 aromatic rings. The van der Waals surface area contributed by atoms with Crippen LogP contribution in [-0.4, -0.2) is 37.3 Å². The summed E-state index contributed by atoms with van der Waals surface area (Å²) in [4.78, 5) is 2.18. The molecule has 3 heteroatoms. The molecule has 19 heavy (non-hydrogen) atoms. The van der Waals surface area contributed by atoms with Gasteiger partial charge in [0.15, 0.2) is 0 Å². The molecule has 0 fully saturated rings. The minimum Gasteiger partial charge on any atom is -0.494 e. The van der Waals surface area contributed by atoms with Crippen molar-refractivity contribution in [1.82, 2.24) is 4.90 Å². The Balaban J connectivity index is 3.15. The van der Waals surface area contributed by atoms with E-state index >= 15 is 0 Å². The molecule has 2 unspecified atom stereocenters. The molecule has 0 heterocycles. The molecular formula is C16H27NO2. The van der Waals surface area contributed by atoms with E-state index in [4.69, 9.17) is 4.74 Å². The molecule has 0 spiro atoms. The smallest absolute Gasteiger partial charge is 0.119 e. The van der Waals surface area contributed by atoms with Gasteiger partial charge in [0.1, 0.15) is 5.75 Å². The quantitative estimate of drug-likeness (QED) is 0.823. The van der Waals surface area contributed by atoms with Crippen LogP contribution in [0.1, 0.15) is 37.9 Å². The summed E-state index contributed by atoms with van der Waals surface area (Å²) < 4.78 is 5.57. The molecule has 0 aliphatic rings. The van der Waals surface area contributed by atoms with Gasteiger partial charge in [-0.15, -0.1) is 0 Å². The second kappa shape index (κ2) is 7.51. The van der Waals surface area contributed by atoms with Gasteiger partial charge < -0.3 is 14.7 Å². The van der Waals surface area contributed by atoms with Gasteiger partial charge in [0, 0.05) is 12.6 Å². The third kappa shape index (κ3) is 3.95. The van der Waals surface area contributed by atoms with Gasteiger partial charge in [-0.2, -0.15) is 0 Å². The molecular weight excluding hydrogens is 238 g/mol. The number of rotatable bonds is 7. The van der Waals surface area contributed by atoms with Crippen LogP contribution in [0.2, 0.25) is 0 Å². The van der Waals surface area contributed by atoms with E-state index in [0.717, 1.165) is 12.2 Å². The van der Waals surface area contributed by atoms with Crippen molar-refractivity contribution in [3.63, 3.8) is 0 Å². The predicted octanol–water partition coefficient (Wildman–Crippen LogP) is 2.88. The standard InChI is InChI=1S/C16H27NO2/c1-6-13-10-14(19-7-2)8-9-15(13)16(17(4)5)12(3)11-18/h8-10,12,16,18H,6-7,11H2,1-5H3. The average molecular weight is 265 g/mol. The van der Waals surface area contributed by atoms with Crippen LogP contribution in [0.5, 0.6) is 5.75 Å². The summed E-state index contributed by atoms with van der Waals surface area (Å²) in [6.07, 6.45) is 0.971. The van der Waals surface area contributed by atoms with E-state index in [2.05, 4.69) is 45.0 Å². The fourth-order valence-electron chi connectivity index (χ4n) is 2.63. The van der Waals surface area contributed by atoms with Gasteiger partial charge in [0.05, 0.1) is 6.61 Å². The van der Waals surface area contributed by atoms with Crippen LogP contribution in [0.15, 0.2) is 18.2 Å². The Morgan fingerprint density at radius 2 is 1.95 bits per heavy atom. The zero-order valence-electron chi connectivity index (χ0n) is 12.8. The van der Waals surface area contributed by atoms with Gasteiger partial charge in [0.25, 0.3) is 0 Å². The van der Waals surface area contributed by atoms with Gasteiger partial charge >= 0.3 is 0 Å². The van der Waals surface area contributed by atoms with E-state index in [1.165, 1.54) is 11.1 Å². The number of nitrogens with zero attached hydrogens (tertiary/aromatic N) is 1. The maximum absolute atomic E-state index is 9.47. The lowest BCUT2D eigenvalue weighted by Crippen LogP contribution is -2.28. The van der Waals surface area contributed by atoms with Crippen LogP contribution >= 0.6 is 0 Å². The number of aryl methyl sites for hydroxylation is 1. The number of aliphatic hydroxyl groups excluding tert-OH is 1. The molecule has 0 saturated heterocycles. The number of benzene rings is 1. The summed E-state index contributed by atoms with van der Waals surface area (Å²) in [6.45, 7) is 7.12. The van der Waals surface area contributed by atoms with Crippen molar-refractivity contribution < 1.29 is 9.84 Å². The molecule has 0 aromatic heterocycles. The summed E-state index contributed by atoms with van der Waals surface area (Å²) in [7, 11) is 4.12. The Morgan fingerprint density at radius 1 is 1.26 bits per heavy atom. The maximum atomic E-state index is 9.47. The first kappa shape index (κ1) is 16.0. The van der Waals surface area contributed by atoms with Crippen molar-refractivity contribution in [1.29, 1.82) is 0 Å². The van der Waals surface area contributed by atoms with Crippen molar-refractivity contribution in [2.45, 2.75) is 33.2 Å². The van der Waals surface area contributed by atoms with Crippen molar-refractivity contribution >= 4 is 0 Å². The van der Waals surface area contributed by atoms with Crippen LogP contribution in [0.4, 0.5) is 0 Å². The minimum absolute atomic E-state index is 0.194. The number of hydrogen-bond donors (Lipinski definition) is 1. The van der Waals surface area contributed by atoms with E-state index in [1.54, 1.807) is 0 Å². The van der Waals surface area contributed by atoms with E-state index < -0.39 is 0 Å². The van der Waals surface area contributed by atoms with Crippen molar-refractivity contribution in [3.05, 3.63) is 29.3 Å². The van der Waals surface area contributed by atoms with E-state index in [9.17, 15) is 5.11 Å². The molecule has 1 rings (SSSR count). The lowest BCUT2D eigenvalue weighted by Gasteiger charge is -2.31. The topological polar surface area (TPSA) is 32.7 Å². The minimum atomic E-state index is 0.194. The highest BCUT2D eigenvalue weighted by molar-refractivity contribution is 5.38. The summed E-state index contributed by atoms with van der Waals surface area (Å²) in [5.41, 5.74) is 2.59. The molecule has 0 amide bonds. The Labute approximate surface area is 117 Å². The van der Waals surface area contributed by atoms with Gasteiger partial charge in [0.2, 0.25) is 0 Å². The highest BCUT2D eigenvalue weighted by Crippen LogP contribution is 2.31. The molecule has 108 valence electrons. The highest BCUT2D eigenvalue weighted by Gasteiger charge is 2.23. The first-order chi connectivity index (χ1) is 9.04. The van der Waals surface area contributed by atoms with Crippen LogP contribution in [0.25, 0.3) is 0 Å². The third-order valence-electron chi connectivity index (χ3n) is 3.51. The second-order valence-corrected chi connectivity index (χ2v) is 5.22. The van der Waals surface area contributed by atoms with Crippen molar-refractivity contribution in [3.8, 4) is 5.75 Å². The zero-order valence-corrected chi connectivity index (χ0v) is 12.8. The normalized spacial score (nSPS) is 14.5. The SMILES string of the molecule is CCOc1ccc(C(C(C)CO)N(C)C)c(CC)c1. The third-order valence-corrected chi connectivity index (χ3v) is 3.51. The molecule has 0 aliphatic heterocycles. The lowest BCUT2D eigenvalue weighted by atomic mass is 9.89. The zero-order chi connectivity index (χ0) is 14.4. The molecule has 3 nitrogen and oxygen atoms in total.